The second-order valence-electron chi connectivity index (χ2n) is 3.87. The van der Waals surface area contributed by atoms with Gasteiger partial charge in [0.15, 0.2) is 0 Å². The quantitative estimate of drug-likeness (QED) is 0.679. The molecule has 0 atom stereocenters. The lowest BCUT2D eigenvalue weighted by Crippen LogP contribution is -2.42. The van der Waals surface area contributed by atoms with Gasteiger partial charge in [-0.05, 0) is 39.2 Å². The van der Waals surface area contributed by atoms with Gasteiger partial charge in [0.05, 0.1) is 9.74 Å². The Morgan fingerprint density at radius 1 is 0.846 bits per heavy atom. The normalized spacial score (nSPS) is 13.4. The summed E-state index contributed by atoms with van der Waals surface area (Å²) in [4.78, 5) is 0.112. The first kappa shape index (κ1) is 13.7. The molecule has 13 heavy (non-hydrogen) atoms. The van der Waals surface area contributed by atoms with E-state index >= 15 is 0 Å². The Morgan fingerprint density at radius 2 is 1.15 bits per heavy atom. The summed E-state index contributed by atoms with van der Waals surface area (Å²) in [6.07, 6.45) is 0. The Labute approximate surface area is 91.8 Å². The Hall–Kier alpha value is 0.660. The van der Waals surface area contributed by atoms with Gasteiger partial charge in [-0.3, -0.25) is 0 Å². The highest BCUT2D eigenvalue weighted by molar-refractivity contribution is 8.01. The van der Waals surface area contributed by atoms with Crippen LogP contribution in [0.3, 0.4) is 0 Å². The van der Waals surface area contributed by atoms with Crippen molar-refractivity contribution in [1.29, 1.82) is 0 Å². The van der Waals surface area contributed by atoms with E-state index in [0.29, 0.717) is 0 Å². The van der Waals surface area contributed by atoms with E-state index in [1.54, 1.807) is 0 Å². The first-order chi connectivity index (χ1) is 5.83. The Bertz CT molecular complexity index is 128. The van der Waals surface area contributed by atoms with E-state index in [2.05, 4.69) is 41.5 Å². The second kappa shape index (κ2) is 5.52. The van der Waals surface area contributed by atoms with Crippen molar-refractivity contribution in [2.75, 3.05) is 11.5 Å². The van der Waals surface area contributed by atoms with Gasteiger partial charge in [-0.15, -0.1) is 23.5 Å². The zero-order chi connectivity index (χ0) is 10.5. The molecule has 0 aliphatic heterocycles. The second-order valence-corrected chi connectivity index (χ2v) is 7.60. The van der Waals surface area contributed by atoms with Crippen molar-refractivity contribution in [3.63, 3.8) is 0 Å². The predicted molar refractivity (Wildman–Crippen MR) is 66.6 cm³/mol. The van der Waals surface area contributed by atoms with Gasteiger partial charge in [-0.2, -0.15) is 0 Å². The molecule has 79 valence electrons. The van der Waals surface area contributed by atoms with Crippen LogP contribution in [0, 0.1) is 0 Å². The lowest BCUT2D eigenvalue weighted by atomic mass is 10.3. The summed E-state index contributed by atoms with van der Waals surface area (Å²) in [7, 11) is 0. The molecule has 0 aromatic heterocycles. The molecule has 0 aliphatic rings. The molecule has 1 radical (unpaired) electrons. The fourth-order valence-electron chi connectivity index (χ4n) is 1.42. The van der Waals surface area contributed by atoms with Crippen molar-refractivity contribution in [3.05, 3.63) is 0 Å². The third-order valence-corrected chi connectivity index (χ3v) is 3.71. The van der Waals surface area contributed by atoms with Crippen LogP contribution in [0.15, 0.2) is 0 Å². The number of hydrogen-bond acceptors (Lipinski definition) is 2. The largest absolute Gasteiger partial charge is 0.208 e. The molecule has 0 saturated heterocycles. The van der Waals surface area contributed by atoms with Crippen LogP contribution >= 0.6 is 23.5 Å². The molecule has 0 aliphatic carbocycles. The van der Waals surface area contributed by atoms with Crippen LogP contribution in [0.1, 0.15) is 41.5 Å². The molecule has 3 heteroatoms. The lowest BCUT2D eigenvalue weighted by molar-refractivity contribution is 0.437. The fourth-order valence-corrected chi connectivity index (χ4v) is 3.48. The molecule has 0 aromatic carbocycles. The molecule has 1 nitrogen and oxygen atoms in total. The van der Waals surface area contributed by atoms with Gasteiger partial charge in [0.2, 0.25) is 0 Å². The summed E-state index contributed by atoms with van der Waals surface area (Å²) in [5, 5.41) is 4.85. The SMILES string of the molecule is CCSC(C)(C)[N]C(C)(C)SCC. The van der Waals surface area contributed by atoms with E-state index in [0.717, 1.165) is 11.5 Å². The highest BCUT2D eigenvalue weighted by atomic mass is 32.2. The van der Waals surface area contributed by atoms with Gasteiger partial charge < -0.3 is 0 Å². The van der Waals surface area contributed by atoms with E-state index in [4.69, 9.17) is 5.32 Å². The average molecular weight is 220 g/mol. The lowest BCUT2D eigenvalue weighted by Gasteiger charge is -2.33. The zero-order valence-electron chi connectivity index (χ0n) is 9.68. The maximum absolute atomic E-state index is 4.85. The van der Waals surface area contributed by atoms with Gasteiger partial charge in [-0.25, -0.2) is 5.32 Å². The van der Waals surface area contributed by atoms with Crippen LogP contribution in [0.5, 0.6) is 0 Å². The summed E-state index contributed by atoms with van der Waals surface area (Å²) in [6.45, 7) is 13.1. The average Bonchev–Trinajstić information content (AvgIpc) is 1.82. The Morgan fingerprint density at radius 3 is 1.38 bits per heavy atom. The molecule has 0 N–H and O–H groups in total. The number of hydrogen-bond donors (Lipinski definition) is 0. The highest BCUT2D eigenvalue weighted by Crippen LogP contribution is 2.31. The van der Waals surface area contributed by atoms with Crippen molar-refractivity contribution < 1.29 is 0 Å². The van der Waals surface area contributed by atoms with Crippen molar-refractivity contribution in [1.82, 2.24) is 5.32 Å². The molecule has 0 bridgehead atoms. The summed E-state index contributed by atoms with van der Waals surface area (Å²) >= 11 is 3.81. The number of rotatable bonds is 6. The number of thioether (sulfide) groups is 2. The van der Waals surface area contributed by atoms with E-state index in [1.165, 1.54) is 0 Å². The van der Waals surface area contributed by atoms with E-state index in [1.807, 2.05) is 23.5 Å². The van der Waals surface area contributed by atoms with Crippen molar-refractivity contribution in [2.24, 2.45) is 0 Å². The predicted octanol–water partition coefficient (Wildman–Crippen LogP) is 3.57. The summed E-state index contributed by atoms with van der Waals surface area (Å²) in [5.74, 6) is 2.26. The van der Waals surface area contributed by atoms with Crippen LogP contribution < -0.4 is 5.32 Å². The minimum atomic E-state index is 0.0560. The van der Waals surface area contributed by atoms with Gasteiger partial charge in [0.1, 0.15) is 0 Å². The summed E-state index contributed by atoms with van der Waals surface area (Å²) < 4.78 is 0. The molecule has 0 fully saturated rings. The van der Waals surface area contributed by atoms with Crippen LogP contribution in [-0.4, -0.2) is 21.2 Å². The third-order valence-electron chi connectivity index (χ3n) is 1.53. The molecule has 0 unspecified atom stereocenters. The van der Waals surface area contributed by atoms with E-state index in [-0.39, 0.29) is 9.74 Å². The standard InChI is InChI=1S/C10H22NS2/c1-7-12-9(3,4)11-10(5,6)13-8-2/h7-8H2,1-6H3. The molecule has 0 saturated carbocycles. The van der Waals surface area contributed by atoms with Crippen molar-refractivity contribution in [3.8, 4) is 0 Å². The molecule has 0 aromatic rings. The zero-order valence-corrected chi connectivity index (χ0v) is 11.3. The maximum Gasteiger partial charge on any atom is 0.0767 e. The molecular formula is C10H22NS2. The summed E-state index contributed by atoms with van der Waals surface area (Å²) in [6, 6.07) is 0. The molecule has 0 rings (SSSR count). The van der Waals surface area contributed by atoms with Gasteiger partial charge in [0, 0.05) is 0 Å². The maximum atomic E-state index is 4.85. The fraction of sp³-hybridized carbons (Fsp3) is 1.00. The first-order valence-corrected chi connectivity index (χ1v) is 6.82. The van der Waals surface area contributed by atoms with Crippen LogP contribution in [0.25, 0.3) is 0 Å². The topological polar surface area (TPSA) is 14.1 Å². The molecule has 0 amide bonds. The van der Waals surface area contributed by atoms with Crippen LogP contribution in [-0.2, 0) is 0 Å². The van der Waals surface area contributed by atoms with Gasteiger partial charge in [-0.1, -0.05) is 13.8 Å². The minimum absolute atomic E-state index is 0.0560. The van der Waals surface area contributed by atoms with E-state index < -0.39 is 0 Å². The van der Waals surface area contributed by atoms with Gasteiger partial charge >= 0.3 is 0 Å². The highest BCUT2D eigenvalue weighted by Gasteiger charge is 2.28. The number of nitrogens with zero attached hydrogens (tertiary/aromatic N) is 1. The third kappa shape index (κ3) is 6.69. The smallest absolute Gasteiger partial charge is 0.0767 e. The molecule has 0 spiro atoms. The van der Waals surface area contributed by atoms with Crippen molar-refractivity contribution in [2.45, 2.75) is 51.3 Å². The molecular weight excluding hydrogens is 198 g/mol. The van der Waals surface area contributed by atoms with Crippen molar-refractivity contribution >= 4 is 23.5 Å². The van der Waals surface area contributed by atoms with E-state index in [9.17, 15) is 0 Å². The van der Waals surface area contributed by atoms with Crippen LogP contribution in [0.2, 0.25) is 0 Å². The molecule has 0 heterocycles. The first-order valence-electron chi connectivity index (χ1n) is 4.85. The Balaban J connectivity index is 4.07. The minimum Gasteiger partial charge on any atom is -0.208 e. The van der Waals surface area contributed by atoms with Crippen LogP contribution in [0.4, 0.5) is 0 Å². The monoisotopic (exact) mass is 220 g/mol. The summed E-state index contributed by atoms with van der Waals surface area (Å²) in [5.41, 5.74) is 0. The Kier molecular flexibility index (Phi) is 5.80. The van der Waals surface area contributed by atoms with Gasteiger partial charge in [0.25, 0.3) is 0 Å².